The van der Waals surface area contributed by atoms with Crippen molar-refractivity contribution < 1.29 is 18.3 Å². The lowest BCUT2D eigenvalue weighted by molar-refractivity contribution is 0.0763. The molecule has 6 heteroatoms. The Morgan fingerprint density at radius 3 is 2.25 bits per heavy atom. The number of hydrogen-bond acceptors (Lipinski definition) is 5. The smallest absolute Gasteiger partial charge is 0.192 e. The first-order valence-corrected chi connectivity index (χ1v) is 6.48. The van der Waals surface area contributed by atoms with Gasteiger partial charge >= 0.3 is 0 Å². The summed E-state index contributed by atoms with van der Waals surface area (Å²) in [7, 11) is -3.27. The van der Waals surface area contributed by atoms with Gasteiger partial charge in [-0.05, 0) is 12.1 Å². The number of Topliss-reactive ketones (excluding diaryl/α,β-unsaturated/α-hetero) is 1. The van der Waals surface area contributed by atoms with E-state index in [0.29, 0.717) is 0 Å². The Bertz CT molecular complexity index is 478. The third kappa shape index (κ3) is 2.88. The highest BCUT2D eigenvalue weighted by molar-refractivity contribution is 7.90. The Balaban J connectivity index is 3.00. The number of ketones is 1. The summed E-state index contributed by atoms with van der Waals surface area (Å²) in [6.07, 6.45) is -0.164. The fraction of sp³-hybridized carbons (Fsp3) is 0.300. The zero-order valence-electron chi connectivity index (χ0n) is 8.75. The largest absolute Gasteiger partial charge is 0.384 e. The molecule has 1 aromatic rings. The van der Waals surface area contributed by atoms with Crippen LogP contribution in [-0.2, 0) is 9.84 Å². The van der Waals surface area contributed by atoms with Gasteiger partial charge in [0.05, 0.1) is 4.90 Å². The van der Waals surface area contributed by atoms with Gasteiger partial charge in [0.15, 0.2) is 15.6 Å². The van der Waals surface area contributed by atoms with Crippen LogP contribution in [0.3, 0.4) is 0 Å². The van der Waals surface area contributed by atoms with E-state index >= 15 is 0 Å². The number of aliphatic hydroxyl groups excluding tert-OH is 1. The molecule has 1 rings (SSSR count). The van der Waals surface area contributed by atoms with Crippen LogP contribution in [0.5, 0.6) is 0 Å². The molecule has 0 saturated carbocycles. The monoisotopic (exact) mass is 243 g/mol. The van der Waals surface area contributed by atoms with Gasteiger partial charge in [-0.3, -0.25) is 4.79 Å². The van der Waals surface area contributed by atoms with Crippen molar-refractivity contribution in [1.82, 2.24) is 0 Å². The number of sulfone groups is 1. The molecule has 0 aliphatic rings. The maximum absolute atomic E-state index is 11.5. The molecule has 16 heavy (non-hydrogen) atoms. The number of carbonyl (C=O) groups excluding carboxylic acids is 1. The fourth-order valence-electron chi connectivity index (χ4n) is 1.17. The first-order chi connectivity index (χ1) is 7.36. The van der Waals surface area contributed by atoms with E-state index in [9.17, 15) is 18.3 Å². The predicted molar refractivity (Wildman–Crippen MR) is 58.9 cm³/mol. The second-order valence-electron chi connectivity index (χ2n) is 3.41. The van der Waals surface area contributed by atoms with Crippen LogP contribution in [0.2, 0.25) is 0 Å². The van der Waals surface area contributed by atoms with E-state index in [-0.39, 0.29) is 17.0 Å². The summed E-state index contributed by atoms with van der Waals surface area (Å²) in [6, 6.07) is 5.37. The molecule has 0 fully saturated rings. The third-order valence-electron chi connectivity index (χ3n) is 2.09. The fourth-order valence-corrected chi connectivity index (χ4v) is 1.80. The molecule has 88 valence electrons. The molecule has 0 saturated heterocycles. The molecule has 0 aromatic heterocycles. The van der Waals surface area contributed by atoms with Crippen LogP contribution in [0.25, 0.3) is 0 Å². The van der Waals surface area contributed by atoms with Crippen LogP contribution in [-0.4, -0.2) is 38.2 Å². The van der Waals surface area contributed by atoms with Gasteiger partial charge in [-0.15, -0.1) is 0 Å². The molecule has 0 bridgehead atoms. The molecule has 1 unspecified atom stereocenters. The van der Waals surface area contributed by atoms with Crippen molar-refractivity contribution in [3.8, 4) is 0 Å². The maximum Gasteiger partial charge on any atom is 0.192 e. The van der Waals surface area contributed by atoms with E-state index in [2.05, 4.69) is 0 Å². The molecule has 0 amide bonds. The molecular formula is C10H13NO4S. The lowest BCUT2D eigenvalue weighted by atomic mass is 10.1. The second kappa shape index (κ2) is 4.73. The van der Waals surface area contributed by atoms with Gasteiger partial charge in [0, 0.05) is 18.4 Å². The number of benzene rings is 1. The van der Waals surface area contributed by atoms with E-state index in [0.717, 1.165) is 6.26 Å². The van der Waals surface area contributed by atoms with Gasteiger partial charge in [0.2, 0.25) is 0 Å². The van der Waals surface area contributed by atoms with Gasteiger partial charge < -0.3 is 10.8 Å². The summed E-state index contributed by atoms with van der Waals surface area (Å²) < 4.78 is 22.3. The normalized spacial score (nSPS) is 13.4. The highest BCUT2D eigenvalue weighted by atomic mass is 32.2. The summed E-state index contributed by atoms with van der Waals surface area (Å²) in [6.45, 7) is -0.160. The van der Waals surface area contributed by atoms with E-state index in [1.807, 2.05) is 0 Å². The van der Waals surface area contributed by atoms with Crippen molar-refractivity contribution in [3.05, 3.63) is 29.8 Å². The third-order valence-corrected chi connectivity index (χ3v) is 3.22. The number of hydrogen-bond donors (Lipinski definition) is 2. The zero-order chi connectivity index (χ0) is 12.3. The average molecular weight is 243 g/mol. The van der Waals surface area contributed by atoms with E-state index in [1.54, 1.807) is 0 Å². The highest BCUT2D eigenvalue weighted by Crippen LogP contribution is 2.11. The Labute approximate surface area is 93.8 Å². The van der Waals surface area contributed by atoms with Crippen molar-refractivity contribution in [2.75, 3.05) is 12.8 Å². The minimum absolute atomic E-state index is 0.131. The van der Waals surface area contributed by atoms with E-state index in [4.69, 9.17) is 5.73 Å². The van der Waals surface area contributed by atoms with Gasteiger partial charge in [-0.25, -0.2) is 8.42 Å². The molecule has 0 aliphatic carbocycles. The van der Waals surface area contributed by atoms with Gasteiger partial charge in [0.25, 0.3) is 0 Å². The molecular weight excluding hydrogens is 230 g/mol. The lowest BCUT2D eigenvalue weighted by Crippen LogP contribution is -2.29. The highest BCUT2D eigenvalue weighted by Gasteiger charge is 2.16. The minimum atomic E-state index is -3.27. The Morgan fingerprint density at radius 2 is 1.88 bits per heavy atom. The minimum Gasteiger partial charge on any atom is -0.384 e. The van der Waals surface area contributed by atoms with E-state index in [1.165, 1.54) is 24.3 Å². The van der Waals surface area contributed by atoms with Crippen LogP contribution in [0.4, 0.5) is 0 Å². The molecule has 1 aromatic carbocycles. The SMILES string of the molecule is CS(=O)(=O)c1ccc(C(=O)C(O)CN)cc1. The van der Waals surface area contributed by atoms with Crippen LogP contribution >= 0.6 is 0 Å². The Kier molecular flexibility index (Phi) is 3.79. The van der Waals surface area contributed by atoms with Crippen molar-refractivity contribution in [1.29, 1.82) is 0 Å². The van der Waals surface area contributed by atoms with Crippen molar-refractivity contribution in [2.45, 2.75) is 11.0 Å². The number of aliphatic hydroxyl groups is 1. The van der Waals surface area contributed by atoms with E-state index < -0.39 is 21.7 Å². The quantitative estimate of drug-likeness (QED) is 0.701. The molecule has 0 radical (unpaired) electrons. The summed E-state index contributed by atoms with van der Waals surface area (Å²) in [5, 5.41) is 9.22. The standard InChI is InChI=1S/C10H13NO4S/c1-16(14,15)8-4-2-7(3-5-8)10(13)9(12)6-11/h2-5,9,12H,6,11H2,1H3. The molecule has 0 spiro atoms. The van der Waals surface area contributed by atoms with Gasteiger partial charge in [0.1, 0.15) is 6.10 Å². The van der Waals surface area contributed by atoms with Crippen LogP contribution in [0.15, 0.2) is 29.2 Å². The number of rotatable bonds is 4. The average Bonchev–Trinajstić information content (AvgIpc) is 2.26. The Hall–Kier alpha value is -1.24. The molecule has 1 atom stereocenters. The van der Waals surface area contributed by atoms with Crippen molar-refractivity contribution in [3.63, 3.8) is 0 Å². The first-order valence-electron chi connectivity index (χ1n) is 4.58. The van der Waals surface area contributed by atoms with Gasteiger partial charge in [-0.2, -0.15) is 0 Å². The lowest BCUT2D eigenvalue weighted by Gasteiger charge is -2.06. The number of nitrogens with two attached hydrogens (primary N) is 1. The van der Waals surface area contributed by atoms with Crippen LogP contribution in [0.1, 0.15) is 10.4 Å². The van der Waals surface area contributed by atoms with Crippen LogP contribution in [0, 0.1) is 0 Å². The summed E-state index contributed by atoms with van der Waals surface area (Å²) in [5.74, 6) is -0.512. The molecule has 0 aliphatic heterocycles. The molecule has 3 N–H and O–H groups in total. The first kappa shape index (κ1) is 12.8. The Morgan fingerprint density at radius 1 is 1.38 bits per heavy atom. The maximum atomic E-state index is 11.5. The van der Waals surface area contributed by atoms with Gasteiger partial charge in [-0.1, -0.05) is 12.1 Å². The molecule has 5 nitrogen and oxygen atoms in total. The summed E-state index contributed by atoms with van der Waals surface area (Å²) >= 11 is 0. The van der Waals surface area contributed by atoms with Crippen LogP contribution < -0.4 is 5.73 Å². The predicted octanol–water partition coefficient (Wildman–Crippen LogP) is -0.408. The second-order valence-corrected chi connectivity index (χ2v) is 5.43. The number of carbonyl (C=O) groups is 1. The summed E-state index contributed by atoms with van der Waals surface area (Å²) in [4.78, 5) is 11.6. The topological polar surface area (TPSA) is 97.5 Å². The van der Waals surface area contributed by atoms with Crippen molar-refractivity contribution in [2.24, 2.45) is 5.73 Å². The summed E-state index contributed by atoms with van der Waals surface area (Å²) in [5.41, 5.74) is 5.38. The molecule has 0 heterocycles. The zero-order valence-corrected chi connectivity index (χ0v) is 9.57. The van der Waals surface area contributed by atoms with Crippen molar-refractivity contribution >= 4 is 15.6 Å².